The zero-order valence-electron chi connectivity index (χ0n) is 14.3. The lowest BCUT2D eigenvalue weighted by Gasteiger charge is -2.07. The zero-order chi connectivity index (χ0) is 18.5. The average molecular weight is 387 g/mol. The number of anilines is 1. The molecule has 0 aliphatic rings. The van der Waals surface area contributed by atoms with Gasteiger partial charge in [-0.1, -0.05) is 59.9 Å². The van der Waals surface area contributed by atoms with E-state index in [1.807, 2.05) is 38.1 Å². The number of rotatable bonds is 6. The number of carbonyl (C=O) groups excluding carboxylic acids is 1. The number of carbonyl (C=O) groups is 1. The molecule has 2 aromatic heterocycles. The maximum atomic E-state index is 12.4. The van der Waals surface area contributed by atoms with Crippen molar-refractivity contribution >= 4 is 34.1 Å². The molecule has 134 valence electrons. The summed E-state index contributed by atoms with van der Waals surface area (Å²) in [6.07, 6.45) is 0. The van der Waals surface area contributed by atoms with E-state index in [0.717, 1.165) is 21.2 Å². The van der Waals surface area contributed by atoms with Crippen molar-refractivity contribution in [2.75, 3.05) is 11.1 Å². The third-order valence-electron chi connectivity index (χ3n) is 3.45. The molecule has 0 unspecified atom stereocenters. The van der Waals surface area contributed by atoms with Crippen molar-refractivity contribution in [2.45, 2.75) is 24.7 Å². The van der Waals surface area contributed by atoms with Crippen LogP contribution in [0.1, 0.15) is 28.5 Å². The summed E-state index contributed by atoms with van der Waals surface area (Å²) >= 11 is 2.86. The molecule has 0 saturated heterocycles. The molecule has 7 nitrogen and oxygen atoms in total. The van der Waals surface area contributed by atoms with Crippen LogP contribution < -0.4 is 10.9 Å². The normalized spacial score (nSPS) is 10.7. The van der Waals surface area contributed by atoms with Crippen LogP contribution in [-0.4, -0.2) is 31.6 Å². The summed E-state index contributed by atoms with van der Waals surface area (Å²) in [7, 11) is 0. The Morgan fingerprint density at radius 3 is 2.69 bits per heavy atom. The van der Waals surface area contributed by atoms with Gasteiger partial charge in [-0.05, 0) is 24.3 Å². The summed E-state index contributed by atoms with van der Waals surface area (Å²) in [5.74, 6) is 0.459. The first-order valence-electron chi connectivity index (χ1n) is 7.96. The van der Waals surface area contributed by atoms with Crippen molar-refractivity contribution in [3.63, 3.8) is 0 Å². The molecule has 3 rings (SSSR count). The molecule has 26 heavy (non-hydrogen) atoms. The van der Waals surface area contributed by atoms with Crippen molar-refractivity contribution in [3.05, 3.63) is 63.6 Å². The van der Waals surface area contributed by atoms with Gasteiger partial charge in [0.05, 0.1) is 6.54 Å². The number of nitrogens with one attached hydrogen (secondary N) is 1. The van der Waals surface area contributed by atoms with Gasteiger partial charge in [-0.15, -0.1) is 10.2 Å². The molecule has 0 bridgehead atoms. The van der Waals surface area contributed by atoms with E-state index >= 15 is 0 Å². The molecule has 1 aromatic carbocycles. The molecule has 0 aliphatic carbocycles. The van der Waals surface area contributed by atoms with Crippen LogP contribution in [0.2, 0.25) is 0 Å². The third kappa shape index (κ3) is 4.55. The summed E-state index contributed by atoms with van der Waals surface area (Å²) in [5.41, 5.74) is 1.96. The fourth-order valence-corrected chi connectivity index (χ4v) is 3.80. The van der Waals surface area contributed by atoms with E-state index in [9.17, 15) is 9.59 Å². The Labute approximate surface area is 158 Å². The van der Waals surface area contributed by atoms with Crippen LogP contribution in [-0.2, 0) is 6.54 Å². The van der Waals surface area contributed by atoms with Gasteiger partial charge >= 0.3 is 0 Å². The van der Waals surface area contributed by atoms with Crippen LogP contribution in [0.15, 0.2) is 45.5 Å². The van der Waals surface area contributed by atoms with E-state index in [4.69, 9.17) is 0 Å². The first-order valence-corrected chi connectivity index (χ1v) is 9.76. The molecule has 3 aromatic rings. The van der Waals surface area contributed by atoms with E-state index in [1.54, 1.807) is 11.8 Å². The number of thioether (sulfide) groups is 1. The Balaban J connectivity index is 1.76. The summed E-state index contributed by atoms with van der Waals surface area (Å²) < 4.78 is 2.07. The van der Waals surface area contributed by atoms with Crippen LogP contribution in [0.25, 0.3) is 0 Å². The molecule has 0 saturated carbocycles. The second kappa shape index (κ2) is 8.24. The Hall–Kier alpha value is -2.52. The van der Waals surface area contributed by atoms with Gasteiger partial charge in [-0.2, -0.15) is 5.10 Å². The largest absolute Gasteiger partial charge is 0.295 e. The van der Waals surface area contributed by atoms with E-state index in [0.29, 0.717) is 11.7 Å². The van der Waals surface area contributed by atoms with Crippen LogP contribution in [0.5, 0.6) is 0 Å². The second-order valence-corrected chi connectivity index (χ2v) is 7.95. The molecule has 0 radical (unpaired) electrons. The smallest absolute Gasteiger partial charge is 0.277 e. The Bertz CT molecular complexity index is 966. The molecule has 0 fully saturated rings. The highest BCUT2D eigenvalue weighted by Gasteiger charge is 2.13. The van der Waals surface area contributed by atoms with Crippen molar-refractivity contribution < 1.29 is 4.79 Å². The fourth-order valence-electron chi connectivity index (χ4n) is 2.15. The molecule has 0 spiro atoms. The van der Waals surface area contributed by atoms with E-state index in [-0.39, 0.29) is 11.3 Å². The minimum absolute atomic E-state index is 0.150. The van der Waals surface area contributed by atoms with E-state index in [1.165, 1.54) is 28.2 Å². The Morgan fingerprint density at radius 1 is 1.19 bits per heavy atom. The van der Waals surface area contributed by atoms with Gasteiger partial charge in [0.15, 0.2) is 4.34 Å². The highest BCUT2D eigenvalue weighted by Crippen LogP contribution is 2.25. The van der Waals surface area contributed by atoms with E-state index in [2.05, 4.69) is 20.6 Å². The van der Waals surface area contributed by atoms with Crippen LogP contribution in [0.3, 0.4) is 0 Å². The lowest BCUT2D eigenvalue weighted by atomic mass is 10.1. The van der Waals surface area contributed by atoms with Gasteiger partial charge in [0.25, 0.3) is 11.5 Å². The van der Waals surface area contributed by atoms with Crippen molar-refractivity contribution in [3.8, 4) is 0 Å². The topological polar surface area (TPSA) is 89.8 Å². The van der Waals surface area contributed by atoms with Gasteiger partial charge in [0, 0.05) is 6.07 Å². The second-order valence-electron chi connectivity index (χ2n) is 5.46. The number of hydrogen-bond acceptors (Lipinski definition) is 7. The fraction of sp³-hybridized carbons (Fsp3) is 0.235. The first kappa shape index (κ1) is 18.3. The monoisotopic (exact) mass is 387 g/mol. The Kier molecular flexibility index (Phi) is 5.79. The molecule has 9 heteroatoms. The number of benzene rings is 1. The average Bonchev–Trinajstić information content (AvgIpc) is 3.06. The molecule has 2 heterocycles. The molecule has 1 N–H and O–H groups in total. The summed E-state index contributed by atoms with van der Waals surface area (Å²) in [6, 6.07) is 10.6. The van der Waals surface area contributed by atoms with Crippen molar-refractivity contribution in [1.82, 2.24) is 20.0 Å². The highest BCUT2D eigenvalue weighted by molar-refractivity contribution is 8.01. The Morgan fingerprint density at radius 2 is 1.96 bits per heavy atom. The minimum Gasteiger partial charge on any atom is -0.295 e. The SMILES string of the molecule is CCSc1nnc(NC(=O)c2ccc(=O)n(Cc3ccc(C)cc3)n2)s1. The molecule has 0 atom stereocenters. The number of aromatic nitrogens is 4. The van der Waals surface area contributed by atoms with Gasteiger partial charge < -0.3 is 0 Å². The van der Waals surface area contributed by atoms with Gasteiger partial charge in [0.1, 0.15) is 5.69 Å². The molecule has 1 amide bonds. The number of amides is 1. The number of hydrogen-bond donors (Lipinski definition) is 1. The van der Waals surface area contributed by atoms with Crippen LogP contribution in [0.4, 0.5) is 5.13 Å². The van der Waals surface area contributed by atoms with Gasteiger partial charge in [0.2, 0.25) is 5.13 Å². The maximum absolute atomic E-state index is 12.4. The third-order valence-corrected chi connectivity index (χ3v) is 5.30. The molecule has 0 aliphatic heterocycles. The lowest BCUT2D eigenvalue weighted by molar-refractivity contribution is 0.102. The van der Waals surface area contributed by atoms with Crippen LogP contribution in [0, 0.1) is 6.92 Å². The summed E-state index contributed by atoms with van der Waals surface area (Å²) in [5, 5.41) is 15.2. The predicted octanol–water partition coefficient (Wildman–Crippen LogP) is 2.82. The first-order chi connectivity index (χ1) is 12.5. The summed E-state index contributed by atoms with van der Waals surface area (Å²) in [6.45, 7) is 4.32. The quantitative estimate of drug-likeness (QED) is 0.517. The maximum Gasteiger partial charge on any atom is 0.277 e. The van der Waals surface area contributed by atoms with Crippen molar-refractivity contribution in [2.24, 2.45) is 0 Å². The van der Waals surface area contributed by atoms with Gasteiger partial charge in [-0.3, -0.25) is 14.9 Å². The van der Waals surface area contributed by atoms with Crippen molar-refractivity contribution in [1.29, 1.82) is 0 Å². The zero-order valence-corrected chi connectivity index (χ0v) is 15.9. The number of aryl methyl sites for hydroxylation is 1. The lowest BCUT2D eigenvalue weighted by Crippen LogP contribution is -2.26. The highest BCUT2D eigenvalue weighted by atomic mass is 32.2. The van der Waals surface area contributed by atoms with Gasteiger partial charge in [-0.25, -0.2) is 4.68 Å². The minimum atomic E-state index is -0.424. The van der Waals surface area contributed by atoms with E-state index < -0.39 is 5.91 Å². The molecular formula is C17H17N5O2S2. The molecular weight excluding hydrogens is 370 g/mol. The number of nitrogens with zero attached hydrogens (tertiary/aromatic N) is 4. The summed E-state index contributed by atoms with van der Waals surface area (Å²) in [4.78, 5) is 24.4. The standard InChI is InChI=1S/C17H17N5O2S2/c1-3-25-17-20-19-16(26-17)18-15(24)13-8-9-14(23)22(21-13)10-12-6-4-11(2)5-7-12/h4-9H,3,10H2,1-2H3,(H,18,19,24). The van der Waals surface area contributed by atoms with Crippen LogP contribution >= 0.6 is 23.1 Å². The predicted molar refractivity (Wildman–Crippen MR) is 103 cm³/mol.